The van der Waals surface area contributed by atoms with E-state index in [1.165, 1.54) is 11.1 Å². The molecule has 3 aromatic rings. The molecule has 164 valence electrons. The van der Waals surface area contributed by atoms with Crippen LogP contribution in [0.5, 0.6) is 0 Å². The van der Waals surface area contributed by atoms with Crippen molar-refractivity contribution >= 4 is 22.6 Å². The SMILES string of the molecule is CC(C)Cn1ccc2cc(NC(=O)NC3CCN(CCc4ccncc4)CC3)ccc21. The molecule has 31 heavy (non-hydrogen) atoms. The molecule has 1 aliphatic heterocycles. The van der Waals surface area contributed by atoms with Gasteiger partial charge in [-0.25, -0.2) is 4.79 Å². The highest BCUT2D eigenvalue weighted by Crippen LogP contribution is 2.21. The van der Waals surface area contributed by atoms with E-state index in [0.29, 0.717) is 5.92 Å². The normalized spacial score (nSPS) is 15.5. The van der Waals surface area contributed by atoms with Crippen LogP contribution in [-0.2, 0) is 13.0 Å². The summed E-state index contributed by atoms with van der Waals surface area (Å²) in [4.78, 5) is 19.1. The molecular weight excluding hydrogens is 386 g/mol. The van der Waals surface area contributed by atoms with E-state index in [-0.39, 0.29) is 12.1 Å². The van der Waals surface area contributed by atoms with Crippen molar-refractivity contribution in [2.45, 2.75) is 45.7 Å². The van der Waals surface area contributed by atoms with Crippen molar-refractivity contribution in [2.24, 2.45) is 5.92 Å². The Labute approximate surface area is 184 Å². The quantitative estimate of drug-likeness (QED) is 0.592. The molecule has 1 aromatic carbocycles. The highest BCUT2D eigenvalue weighted by molar-refractivity contribution is 5.93. The number of carbonyl (C=O) groups excluding carboxylic acids is 1. The summed E-state index contributed by atoms with van der Waals surface area (Å²) >= 11 is 0. The molecule has 6 nitrogen and oxygen atoms in total. The molecule has 0 radical (unpaired) electrons. The van der Waals surface area contributed by atoms with Gasteiger partial charge in [-0.2, -0.15) is 0 Å². The third kappa shape index (κ3) is 5.85. The largest absolute Gasteiger partial charge is 0.347 e. The van der Waals surface area contributed by atoms with Gasteiger partial charge in [-0.3, -0.25) is 4.98 Å². The minimum absolute atomic E-state index is 0.115. The zero-order valence-corrected chi connectivity index (χ0v) is 18.6. The van der Waals surface area contributed by atoms with Crippen LogP contribution >= 0.6 is 0 Å². The first-order valence-electron chi connectivity index (χ1n) is 11.3. The van der Waals surface area contributed by atoms with Gasteiger partial charge in [-0.1, -0.05) is 13.8 Å². The van der Waals surface area contributed by atoms with Crippen molar-refractivity contribution in [3.63, 3.8) is 0 Å². The number of nitrogens with one attached hydrogen (secondary N) is 2. The summed E-state index contributed by atoms with van der Waals surface area (Å²) in [5.74, 6) is 0.598. The smallest absolute Gasteiger partial charge is 0.319 e. The van der Waals surface area contributed by atoms with Gasteiger partial charge in [0.1, 0.15) is 0 Å². The van der Waals surface area contributed by atoms with E-state index in [4.69, 9.17) is 0 Å². The summed E-state index contributed by atoms with van der Waals surface area (Å²) < 4.78 is 2.27. The number of amides is 2. The number of fused-ring (bicyclic) bond motifs is 1. The average molecular weight is 420 g/mol. The number of hydrogen-bond acceptors (Lipinski definition) is 3. The molecule has 3 heterocycles. The maximum atomic E-state index is 12.5. The third-order valence-corrected chi connectivity index (χ3v) is 5.98. The number of anilines is 1. The number of urea groups is 1. The minimum Gasteiger partial charge on any atom is -0.347 e. The van der Waals surface area contributed by atoms with Gasteiger partial charge in [-0.15, -0.1) is 0 Å². The fraction of sp³-hybridized carbons (Fsp3) is 0.440. The van der Waals surface area contributed by atoms with Gasteiger partial charge in [0, 0.05) is 67.4 Å². The Bertz CT molecular complexity index is 990. The predicted octanol–water partition coefficient (Wildman–Crippen LogP) is 4.52. The van der Waals surface area contributed by atoms with E-state index in [1.54, 1.807) is 0 Å². The number of rotatable bonds is 7. The van der Waals surface area contributed by atoms with Crippen LogP contribution in [0.4, 0.5) is 10.5 Å². The standard InChI is InChI=1S/C25H33N5O/c1-19(2)18-30-16-8-21-17-23(3-4-24(21)30)28-25(31)27-22-9-14-29(15-10-22)13-7-20-5-11-26-12-6-20/h3-6,8,11-12,16-17,19,22H,7,9-10,13-15,18H2,1-2H3,(H2,27,28,31). The summed E-state index contributed by atoms with van der Waals surface area (Å²) in [7, 11) is 0. The molecule has 1 saturated heterocycles. The van der Waals surface area contributed by atoms with E-state index in [2.05, 4.69) is 69.4 Å². The number of benzene rings is 1. The van der Waals surface area contributed by atoms with Gasteiger partial charge >= 0.3 is 6.03 Å². The number of likely N-dealkylation sites (tertiary alicyclic amines) is 1. The molecule has 2 amide bonds. The monoisotopic (exact) mass is 419 g/mol. The first-order valence-corrected chi connectivity index (χ1v) is 11.3. The Hall–Kier alpha value is -2.86. The molecule has 1 aliphatic rings. The van der Waals surface area contributed by atoms with Crippen LogP contribution < -0.4 is 10.6 Å². The maximum absolute atomic E-state index is 12.5. The Morgan fingerprint density at radius 3 is 2.65 bits per heavy atom. The highest BCUT2D eigenvalue weighted by atomic mass is 16.2. The molecule has 0 spiro atoms. The van der Waals surface area contributed by atoms with Gasteiger partial charge in [0.25, 0.3) is 0 Å². The number of pyridine rings is 1. The van der Waals surface area contributed by atoms with Gasteiger partial charge in [-0.05, 0) is 67.1 Å². The van der Waals surface area contributed by atoms with E-state index >= 15 is 0 Å². The summed E-state index contributed by atoms with van der Waals surface area (Å²) in [6, 6.07) is 12.5. The second-order valence-electron chi connectivity index (χ2n) is 8.96. The number of carbonyl (C=O) groups is 1. The molecule has 0 unspecified atom stereocenters. The Morgan fingerprint density at radius 2 is 1.90 bits per heavy atom. The Morgan fingerprint density at radius 1 is 1.13 bits per heavy atom. The zero-order chi connectivity index (χ0) is 21.6. The lowest BCUT2D eigenvalue weighted by Gasteiger charge is -2.32. The van der Waals surface area contributed by atoms with Crippen LogP contribution in [-0.4, -0.2) is 46.2 Å². The number of piperidine rings is 1. The van der Waals surface area contributed by atoms with Gasteiger partial charge < -0.3 is 20.1 Å². The first kappa shape index (κ1) is 21.4. The van der Waals surface area contributed by atoms with Crippen molar-refractivity contribution in [1.29, 1.82) is 0 Å². The van der Waals surface area contributed by atoms with E-state index < -0.39 is 0 Å². The molecule has 6 heteroatoms. The van der Waals surface area contributed by atoms with Crippen LogP contribution in [0, 0.1) is 5.92 Å². The van der Waals surface area contributed by atoms with Crippen LogP contribution in [0.25, 0.3) is 10.9 Å². The molecule has 0 bridgehead atoms. The minimum atomic E-state index is -0.115. The fourth-order valence-corrected chi connectivity index (χ4v) is 4.32. The predicted molar refractivity (Wildman–Crippen MR) is 126 cm³/mol. The molecule has 2 aromatic heterocycles. The fourth-order valence-electron chi connectivity index (χ4n) is 4.32. The van der Waals surface area contributed by atoms with Crippen molar-refractivity contribution in [3.05, 3.63) is 60.6 Å². The maximum Gasteiger partial charge on any atom is 0.319 e. The van der Waals surface area contributed by atoms with Gasteiger partial charge in [0.05, 0.1) is 0 Å². The third-order valence-electron chi connectivity index (χ3n) is 5.98. The van der Waals surface area contributed by atoms with E-state index in [1.807, 2.05) is 24.5 Å². The van der Waals surface area contributed by atoms with Crippen molar-refractivity contribution in [2.75, 3.05) is 25.0 Å². The van der Waals surface area contributed by atoms with Crippen LogP contribution in [0.2, 0.25) is 0 Å². The molecule has 2 N–H and O–H groups in total. The van der Waals surface area contributed by atoms with Crippen molar-refractivity contribution < 1.29 is 4.79 Å². The lowest BCUT2D eigenvalue weighted by atomic mass is 10.0. The molecule has 4 rings (SSSR count). The molecule has 0 atom stereocenters. The average Bonchev–Trinajstić information content (AvgIpc) is 3.15. The lowest BCUT2D eigenvalue weighted by Crippen LogP contribution is -2.46. The number of aromatic nitrogens is 2. The lowest BCUT2D eigenvalue weighted by molar-refractivity contribution is 0.197. The Kier molecular flexibility index (Phi) is 6.87. The second kappa shape index (κ2) is 9.96. The molecule has 0 aliphatic carbocycles. The van der Waals surface area contributed by atoms with E-state index in [9.17, 15) is 4.79 Å². The van der Waals surface area contributed by atoms with Crippen LogP contribution in [0.1, 0.15) is 32.3 Å². The zero-order valence-electron chi connectivity index (χ0n) is 18.6. The second-order valence-corrected chi connectivity index (χ2v) is 8.96. The molecule has 0 saturated carbocycles. The van der Waals surface area contributed by atoms with Crippen molar-refractivity contribution in [3.8, 4) is 0 Å². The topological polar surface area (TPSA) is 62.2 Å². The summed E-state index contributed by atoms with van der Waals surface area (Å²) in [6.07, 6.45) is 8.84. The van der Waals surface area contributed by atoms with E-state index in [0.717, 1.165) is 56.5 Å². The molecule has 1 fully saturated rings. The van der Waals surface area contributed by atoms with Gasteiger partial charge in [0.2, 0.25) is 0 Å². The van der Waals surface area contributed by atoms with Crippen molar-refractivity contribution in [1.82, 2.24) is 19.8 Å². The first-order chi connectivity index (χ1) is 15.1. The van der Waals surface area contributed by atoms with Crippen LogP contribution in [0.3, 0.4) is 0 Å². The number of hydrogen-bond donors (Lipinski definition) is 2. The number of nitrogens with zero attached hydrogens (tertiary/aromatic N) is 3. The molecular formula is C25H33N5O. The summed E-state index contributed by atoms with van der Waals surface area (Å²) in [5, 5.41) is 7.31. The summed E-state index contributed by atoms with van der Waals surface area (Å²) in [6.45, 7) is 8.53. The summed E-state index contributed by atoms with van der Waals surface area (Å²) in [5.41, 5.74) is 3.37. The Balaban J connectivity index is 1.23. The van der Waals surface area contributed by atoms with Crippen LogP contribution in [0.15, 0.2) is 55.0 Å². The van der Waals surface area contributed by atoms with Gasteiger partial charge in [0.15, 0.2) is 0 Å². The highest BCUT2D eigenvalue weighted by Gasteiger charge is 2.20.